The summed E-state index contributed by atoms with van der Waals surface area (Å²) < 4.78 is 0. The Morgan fingerprint density at radius 2 is 1.67 bits per heavy atom. The van der Waals surface area contributed by atoms with E-state index in [4.69, 9.17) is 0 Å². The van der Waals surface area contributed by atoms with E-state index < -0.39 is 0 Å². The zero-order valence-corrected chi connectivity index (χ0v) is 14.8. The van der Waals surface area contributed by atoms with Crippen LogP contribution in [0, 0.1) is 17.8 Å². The van der Waals surface area contributed by atoms with Crippen molar-refractivity contribution >= 4 is 11.8 Å². The Hall–Kier alpha value is -1.06. The van der Waals surface area contributed by atoms with Gasteiger partial charge in [0.1, 0.15) is 0 Å². The quantitative estimate of drug-likeness (QED) is 0.782. The molecule has 1 aliphatic heterocycles. The van der Waals surface area contributed by atoms with E-state index in [0.717, 1.165) is 13.1 Å². The highest BCUT2D eigenvalue weighted by Gasteiger charge is 2.40. The lowest BCUT2D eigenvalue weighted by molar-refractivity contribution is -0.136. The molecule has 4 nitrogen and oxygen atoms in total. The number of nitrogens with zero attached hydrogens (tertiary/aromatic N) is 2. The first-order valence-corrected chi connectivity index (χ1v) is 8.11. The van der Waals surface area contributed by atoms with Gasteiger partial charge in [-0.25, -0.2) is 0 Å². The van der Waals surface area contributed by atoms with Crippen LogP contribution in [0.5, 0.6) is 0 Å². The van der Waals surface area contributed by atoms with Crippen molar-refractivity contribution in [3.63, 3.8) is 0 Å². The number of hydrogen-bond donors (Lipinski definition) is 0. The topological polar surface area (TPSA) is 40.6 Å². The van der Waals surface area contributed by atoms with Crippen LogP contribution < -0.4 is 0 Å². The second-order valence-corrected chi connectivity index (χ2v) is 8.11. The highest BCUT2D eigenvalue weighted by atomic mass is 16.2. The van der Waals surface area contributed by atoms with Gasteiger partial charge in [0, 0.05) is 31.6 Å². The molecule has 122 valence electrons. The normalized spacial score (nSPS) is 19.8. The molecule has 0 aromatic rings. The van der Waals surface area contributed by atoms with E-state index >= 15 is 0 Å². The summed E-state index contributed by atoms with van der Waals surface area (Å²) in [6.07, 6.45) is 0.364. The van der Waals surface area contributed by atoms with Crippen LogP contribution in [-0.2, 0) is 9.59 Å². The largest absolute Gasteiger partial charge is 0.342 e. The van der Waals surface area contributed by atoms with Crippen LogP contribution in [0.2, 0.25) is 0 Å². The van der Waals surface area contributed by atoms with Gasteiger partial charge in [0.25, 0.3) is 0 Å². The molecule has 0 spiro atoms. The zero-order chi connectivity index (χ0) is 16.4. The predicted molar refractivity (Wildman–Crippen MR) is 85.8 cm³/mol. The molecule has 0 N–H and O–H groups in total. The maximum atomic E-state index is 12.8. The molecule has 0 bridgehead atoms. The molecule has 0 radical (unpaired) electrons. The molecular weight excluding hydrogens is 264 g/mol. The van der Waals surface area contributed by atoms with E-state index in [1.54, 1.807) is 0 Å². The summed E-state index contributed by atoms with van der Waals surface area (Å²) in [5.74, 6) is 0.980. The lowest BCUT2D eigenvalue weighted by atomic mass is 10.0. The van der Waals surface area contributed by atoms with Crippen molar-refractivity contribution in [2.45, 2.75) is 60.4 Å². The summed E-state index contributed by atoms with van der Waals surface area (Å²) in [7, 11) is 0. The van der Waals surface area contributed by atoms with Gasteiger partial charge < -0.3 is 9.80 Å². The first kappa shape index (κ1) is 18.0. The third-order valence-electron chi connectivity index (χ3n) is 3.77. The second kappa shape index (κ2) is 6.80. The molecule has 1 heterocycles. The number of carbonyl (C=O) groups excluding carboxylic acids is 2. The van der Waals surface area contributed by atoms with Gasteiger partial charge in [0.2, 0.25) is 11.8 Å². The standard InChI is InChI=1S/C17H32N2O2/c1-12(2)9-18(10-13(3)4)16(21)14-8-15(20)19(11-14)17(5,6)7/h12-14H,8-11H2,1-7H3/t14-/m1/s1. The fraction of sp³-hybridized carbons (Fsp3) is 0.882. The Morgan fingerprint density at radius 3 is 2.00 bits per heavy atom. The van der Waals surface area contributed by atoms with Gasteiger partial charge in [-0.2, -0.15) is 0 Å². The Labute approximate surface area is 129 Å². The fourth-order valence-electron chi connectivity index (χ4n) is 2.92. The van der Waals surface area contributed by atoms with Gasteiger partial charge in [0.15, 0.2) is 0 Å². The number of carbonyl (C=O) groups is 2. The van der Waals surface area contributed by atoms with Crippen LogP contribution in [0.1, 0.15) is 54.9 Å². The van der Waals surface area contributed by atoms with Crippen molar-refractivity contribution in [3.8, 4) is 0 Å². The summed E-state index contributed by atoms with van der Waals surface area (Å²) in [6, 6.07) is 0. The lowest BCUT2D eigenvalue weighted by Gasteiger charge is -2.33. The van der Waals surface area contributed by atoms with E-state index in [-0.39, 0.29) is 23.3 Å². The first-order valence-electron chi connectivity index (χ1n) is 8.11. The molecule has 1 rings (SSSR count). The molecule has 4 heteroatoms. The molecule has 1 fully saturated rings. The van der Waals surface area contributed by atoms with Gasteiger partial charge >= 0.3 is 0 Å². The van der Waals surface area contributed by atoms with Crippen LogP contribution in [0.4, 0.5) is 0 Å². The van der Waals surface area contributed by atoms with Crippen LogP contribution in [0.3, 0.4) is 0 Å². The molecule has 0 unspecified atom stereocenters. The summed E-state index contributed by atoms with van der Waals surface area (Å²) in [6.45, 7) is 16.7. The van der Waals surface area contributed by atoms with Crippen LogP contribution in [0.15, 0.2) is 0 Å². The molecule has 1 aliphatic rings. The molecular formula is C17H32N2O2. The summed E-state index contributed by atoms with van der Waals surface area (Å²) in [5.41, 5.74) is -0.201. The van der Waals surface area contributed by atoms with Gasteiger partial charge in [-0.05, 0) is 32.6 Å². The molecule has 1 atom stereocenters. The third-order valence-corrected chi connectivity index (χ3v) is 3.77. The van der Waals surface area contributed by atoms with E-state index in [1.807, 2.05) is 30.6 Å². The summed E-state index contributed by atoms with van der Waals surface area (Å²) in [5, 5.41) is 0. The van der Waals surface area contributed by atoms with Crippen molar-refractivity contribution in [2.75, 3.05) is 19.6 Å². The zero-order valence-electron chi connectivity index (χ0n) is 14.8. The highest BCUT2D eigenvalue weighted by molar-refractivity contribution is 5.89. The van der Waals surface area contributed by atoms with Gasteiger partial charge in [-0.1, -0.05) is 27.7 Å². The van der Waals surface area contributed by atoms with E-state index in [1.165, 1.54) is 0 Å². The fourth-order valence-corrected chi connectivity index (χ4v) is 2.92. The maximum Gasteiger partial charge on any atom is 0.228 e. The average molecular weight is 296 g/mol. The Balaban J connectivity index is 2.79. The maximum absolute atomic E-state index is 12.8. The predicted octanol–water partition coefficient (Wildman–Crippen LogP) is 2.77. The van der Waals surface area contributed by atoms with Crippen molar-refractivity contribution in [1.82, 2.24) is 9.80 Å². The van der Waals surface area contributed by atoms with Crippen molar-refractivity contribution in [1.29, 1.82) is 0 Å². The van der Waals surface area contributed by atoms with E-state index in [0.29, 0.717) is 24.8 Å². The third kappa shape index (κ3) is 5.01. The molecule has 2 amide bonds. The van der Waals surface area contributed by atoms with Crippen molar-refractivity contribution < 1.29 is 9.59 Å². The van der Waals surface area contributed by atoms with Crippen LogP contribution >= 0.6 is 0 Å². The lowest BCUT2D eigenvalue weighted by Crippen LogP contribution is -2.44. The van der Waals surface area contributed by atoms with Crippen molar-refractivity contribution in [3.05, 3.63) is 0 Å². The summed E-state index contributed by atoms with van der Waals surface area (Å²) in [4.78, 5) is 28.7. The van der Waals surface area contributed by atoms with E-state index in [2.05, 4.69) is 27.7 Å². The minimum atomic E-state index is -0.201. The second-order valence-electron chi connectivity index (χ2n) is 8.11. The first-order chi connectivity index (χ1) is 9.52. The molecule has 0 aromatic heterocycles. The number of hydrogen-bond acceptors (Lipinski definition) is 2. The summed E-state index contributed by atoms with van der Waals surface area (Å²) >= 11 is 0. The van der Waals surface area contributed by atoms with Gasteiger partial charge in [0.05, 0.1) is 5.92 Å². The minimum absolute atomic E-state index is 0.106. The Kier molecular flexibility index (Phi) is 5.83. The Morgan fingerprint density at radius 1 is 1.19 bits per heavy atom. The minimum Gasteiger partial charge on any atom is -0.342 e. The molecule has 21 heavy (non-hydrogen) atoms. The molecule has 0 aromatic carbocycles. The number of likely N-dealkylation sites (tertiary alicyclic amines) is 1. The smallest absolute Gasteiger partial charge is 0.228 e. The highest BCUT2D eigenvalue weighted by Crippen LogP contribution is 2.27. The monoisotopic (exact) mass is 296 g/mol. The van der Waals surface area contributed by atoms with Gasteiger partial charge in [-0.15, -0.1) is 0 Å². The van der Waals surface area contributed by atoms with Crippen molar-refractivity contribution in [2.24, 2.45) is 17.8 Å². The van der Waals surface area contributed by atoms with Gasteiger partial charge in [-0.3, -0.25) is 9.59 Å². The number of amides is 2. The molecule has 0 saturated carbocycles. The van der Waals surface area contributed by atoms with E-state index in [9.17, 15) is 9.59 Å². The van der Waals surface area contributed by atoms with Crippen LogP contribution in [0.25, 0.3) is 0 Å². The SMILES string of the molecule is CC(C)CN(CC(C)C)C(=O)[C@@H]1CC(=O)N(C(C)(C)C)C1. The van der Waals surface area contributed by atoms with Crippen LogP contribution in [-0.4, -0.2) is 46.8 Å². The average Bonchev–Trinajstić information content (AvgIpc) is 2.68. The Bertz CT molecular complexity index is 373. The molecule has 1 saturated heterocycles. The molecule has 0 aliphatic carbocycles. The number of rotatable bonds is 5.